The lowest BCUT2D eigenvalue weighted by Gasteiger charge is -2.05. The van der Waals surface area contributed by atoms with Gasteiger partial charge >= 0.3 is 0 Å². The monoisotopic (exact) mass is 223 g/mol. The molecule has 1 amide bonds. The van der Waals surface area contributed by atoms with Crippen molar-refractivity contribution in [2.45, 2.75) is 26.2 Å². The summed E-state index contributed by atoms with van der Waals surface area (Å²) in [6.45, 7) is 2.45. The van der Waals surface area contributed by atoms with Crippen molar-refractivity contribution in [1.82, 2.24) is 5.32 Å². The van der Waals surface area contributed by atoms with Crippen LogP contribution in [-0.2, 0) is 11.2 Å². The predicted molar refractivity (Wildman–Crippen MR) is 61.4 cm³/mol. The Balaban J connectivity index is 2.32. The van der Waals surface area contributed by atoms with E-state index >= 15 is 0 Å². The van der Waals surface area contributed by atoms with Crippen LogP contribution in [0.4, 0.5) is 0 Å². The fraction of sp³-hybridized carbons (Fsp3) is 0.417. The molecule has 0 aliphatic carbocycles. The first-order valence-corrected chi connectivity index (χ1v) is 5.41. The molecule has 0 saturated carbocycles. The summed E-state index contributed by atoms with van der Waals surface area (Å²) in [5.74, 6) is -0.160. The molecule has 4 nitrogen and oxygen atoms in total. The van der Waals surface area contributed by atoms with Gasteiger partial charge in [-0.25, -0.2) is 0 Å². The smallest absolute Gasteiger partial charge is 0.219 e. The van der Waals surface area contributed by atoms with Crippen molar-refractivity contribution in [3.05, 3.63) is 23.8 Å². The molecule has 88 valence electrons. The zero-order valence-electron chi connectivity index (χ0n) is 9.36. The van der Waals surface area contributed by atoms with E-state index in [1.165, 1.54) is 12.1 Å². The van der Waals surface area contributed by atoms with E-state index in [0.29, 0.717) is 13.0 Å². The number of nitrogens with one attached hydrogen (secondary N) is 1. The number of aromatic hydroxyl groups is 2. The Hall–Kier alpha value is -1.71. The summed E-state index contributed by atoms with van der Waals surface area (Å²) >= 11 is 0. The van der Waals surface area contributed by atoms with Crippen LogP contribution in [0.2, 0.25) is 0 Å². The highest BCUT2D eigenvalue weighted by atomic mass is 16.3. The van der Waals surface area contributed by atoms with Crippen molar-refractivity contribution in [2.24, 2.45) is 0 Å². The number of amides is 1. The second-order valence-corrected chi connectivity index (χ2v) is 3.63. The van der Waals surface area contributed by atoms with Gasteiger partial charge in [0.2, 0.25) is 5.91 Å². The van der Waals surface area contributed by atoms with E-state index in [1.807, 2.05) is 6.92 Å². The molecule has 1 aromatic rings. The van der Waals surface area contributed by atoms with Crippen molar-refractivity contribution in [2.75, 3.05) is 6.54 Å². The van der Waals surface area contributed by atoms with E-state index in [-0.39, 0.29) is 17.4 Å². The molecule has 0 fully saturated rings. The van der Waals surface area contributed by atoms with Crippen LogP contribution >= 0.6 is 0 Å². The maximum absolute atomic E-state index is 10.9. The van der Waals surface area contributed by atoms with Crippen molar-refractivity contribution in [3.63, 3.8) is 0 Å². The Labute approximate surface area is 94.9 Å². The minimum atomic E-state index is -0.108. The van der Waals surface area contributed by atoms with E-state index in [4.69, 9.17) is 5.11 Å². The summed E-state index contributed by atoms with van der Waals surface area (Å²) in [5.41, 5.74) is 0.945. The van der Waals surface area contributed by atoms with Gasteiger partial charge in [0.1, 0.15) is 0 Å². The zero-order valence-corrected chi connectivity index (χ0v) is 9.36. The first kappa shape index (κ1) is 12.4. The van der Waals surface area contributed by atoms with Crippen LogP contribution in [0.1, 0.15) is 25.3 Å². The fourth-order valence-corrected chi connectivity index (χ4v) is 1.37. The quantitative estimate of drug-likeness (QED) is 0.524. The van der Waals surface area contributed by atoms with Gasteiger partial charge in [0.05, 0.1) is 0 Å². The standard InChI is InChI=1S/C12H17NO3/c1-2-12(16)13-7-3-4-9-5-6-10(14)11(15)8-9/h5-6,8,14-15H,2-4,7H2,1H3,(H,13,16). The molecule has 0 unspecified atom stereocenters. The SMILES string of the molecule is CCC(=O)NCCCc1ccc(O)c(O)c1. The number of benzene rings is 1. The van der Waals surface area contributed by atoms with E-state index < -0.39 is 0 Å². The molecular formula is C12H17NO3. The molecule has 0 radical (unpaired) electrons. The summed E-state index contributed by atoms with van der Waals surface area (Å²) in [5, 5.41) is 21.2. The maximum Gasteiger partial charge on any atom is 0.219 e. The molecule has 0 aliphatic rings. The average Bonchev–Trinajstić information content (AvgIpc) is 2.28. The van der Waals surface area contributed by atoms with Crippen LogP contribution in [-0.4, -0.2) is 22.7 Å². The number of hydrogen-bond donors (Lipinski definition) is 3. The molecule has 16 heavy (non-hydrogen) atoms. The third-order valence-electron chi connectivity index (χ3n) is 2.33. The highest BCUT2D eigenvalue weighted by Gasteiger charge is 2.01. The Morgan fingerprint density at radius 1 is 1.31 bits per heavy atom. The van der Waals surface area contributed by atoms with Crippen LogP contribution < -0.4 is 5.32 Å². The van der Waals surface area contributed by atoms with E-state index in [9.17, 15) is 9.90 Å². The highest BCUT2D eigenvalue weighted by molar-refractivity contribution is 5.75. The molecule has 0 bridgehead atoms. The first-order valence-electron chi connectivity index (χ1n) is 5.41. The van der Waals surface area contributed by atoms with Crippen LogP contribution in [0.25, 0.3) is 0 Å². The Bertz CT molecular complexity index is 363. The second-order valence-electron chi connectivity index (χ2n) is 3.63. The number of phenolic OH excluding ortho intramolecular Hbond substituents is 2. The fourth-order valence-electron chi connectivity index (χ4n) is 1.37. The van der Waals surface area contributed by atoms with Gasteiger partial charge in [0, 0.05) is 13.0 Å². The Morgan fingerprint density at radius 3 is 2.69 bits per heavy atom. The van der Waals surface area contributed by atoms with Gasteiger partial charge in [-0.3, -0.25) is 4.79 Å². The molecule has 0 heterocycles. The van der Waals surface area contributed by atoms with Crippen LogP contribution in [0.5, 0.6) is 11.5 Å². The van der Waals surface area contributed by atoms with E-state index in [2.05, 4.69) is 5.32 Å². The van der Waals surface area contributed by atoms with Crippen LogP contribution in [0.15, 0.2) is 18.2 Å². The van der Waals surface area contributed by atoms with E-state index in [1.54, 1.807) is 6.07 Å². The topological polar surface area (TPSA) is 69.6 Å². The number of carbonyl (C=O) groups is 1. The summed E-state index contributed by atoms with van der Waals surface area (Å²) < 4.78 is 0. The number of aryl methyl sites for hydroxylation is 1. The van der Waals surface area contributed by atoms with Crippen molar-refractivity contribution >= 4 is 5.91 Å². The van der Waals surface area contributed by atoms with Crippen molar-refractivity contribution in [1.29, 1.82) is 0 Å². The van der Waals surface area contributed by atoms with Crippen molar-refractivity contribution in [3.8, 4) is 11.5 Å². The largest absolute Gasteiger partial charge is 0.504 e. The summed E-state index contributed by atoms with van der Waals surface area (Å²) in [6.07, 6.45) is 2.08. The van der Waals surface area contributed by atoms with Gasteiger partial charge in [-0.1, -0.05) is 13.0 Å². The number of rotatable bonds is 5. The maximum atomic E-state index is 10.9. The lowest BCUT2D eigenvalue weighted by Crippen LogP contribution is -2.23. The molecule has 0 aromatic heterocycles. The minimum absolute atomic E-state index is 0.0496. The van der Waals surface area contributed by atoms with Gasteiger partial charge in [-0.15, -0.1) is 0 Å². The lowest BCUT2D eigenvalue weighted by molar-refractivity contribution is -0.120. The van der Waals surface area contributed by atoms with Gasteiger partial charge in [-0.05, 0) is 30.5 Å². The van der Waals surface area contributed by atoms with Gasteiger partial charge in [0.15, 0.2) is 11.5 Å². The van der Waals surface area contributed by atoms with Gasteiger partial charge < -0.3 is 15.5 Å². The van der Waals surface area contributed by atoms with Crippen LogP contribution in [0.3, 0.4) is 0 Å². The number of hydrogen-bond acceptors (Lipinski definition) is 3. The molecule has 0 atom stereocenters. The van der Waals surface area contributed by atoms with Gasteiger partial charge in [0.25, 0.3) is 0 Å². The average molecular weight is 223 g/mol. The van der Waals surface area contributed by atoms with Crippen LogP contribution in [0, 0.1) is 0 Å². The van der Waals surface area contributed by atoms with E-state index in [0.717, 1.165) is 18.4 Å². The molecule has 0 spiro atoms. The highest BCUT2D eigenvalue weighted by Crippen LogP contribution is 2.25. The molecule has 3 N–H and O–H groups in total. The molecule has 1 rings (SSSR count). The molecule has 4 heteroatoms. The number of phenols is 2. The third kappa shape index (κ3) is 3.81. The van der Waals surface area contributed by atoms with Gasteiger partial charge in [-0.2, -0.15) is 0 Å². The van der Waals surface area contributed by atoms with Crippen molar-refractivity contribution < 1.29 is 15.0 Å². The summed E-state index contributed by atoms with van der Waals surface area (Å²) in [7, 11) is 0. The third-order valence-corrected chi connectivity index (χ3v) is 2.33. The zero-order chi connectivity index (χ0) is 12.0. The number of carbonyl (C=O) groups excluding carboxylic acids is 1. The molecule has 0 aliphatic heterocycles. The Morgan fingerprint density at radius 2 is 2.06 bits per heavy atom. The Kier molecular flexibility index (Phi) is 4.64. The second kappa shape index (κ2) is 6.00. The summed E-state index contributed by atoms with van der Waals surface area (Å²) in [4.78, 5) is 10.9. The summed E-state index contributed by atoms with van der Waals surface area (Å²) in [6, 6.07) is 4.77. The first-order chi connectivity index (χ1) is 7.63. The minimum Gasteiger partial charge on any atom is -0.504 e. The predicted octanol–water partition coefficient (Wildman–Crippen LogP) is 1.56. The normalized spacial score (nSPS) is 10.1. The molecular weight excluding hydrogens is 206 g/mol. The molecule has 0 saturated heterocycles. The molecule has 1 aromatic carbocycles. The lowest BCUT2D eigenvalue weighted by atomic mass is 10.1.